The largest absolute Gasteiger partial charge is 0.338 e. The third kappa shape index (κ3) is 3.18. The van der Waals surface area contributed by atoms with Crippen LogP contribution in [0, 0.1) is 0 Å². The lowest BCUT2D eigenvalue weighted by molar-refractivity contribution is 0.208. The van der Waals surface area contributed by atoms with Crippen LogP contribution in [0.4, 0.5) is 5.95 Å². The van der Waals surface area contributed by atoms with Gasteiger partial charge < -0.3 is 4.90 Å². The van der Waals surface area contributed by atoms with Crippen LogP contribution in [0.5, 0.6) is 0 Å². The molecule has 0 N–H and O–H groups in total. The molecule has 0 unspecified atom stereocenters. The molecule has 17 heavy (non-hydrogen) atoms. The minimum absolute atomic E-state index is 0.145. The molecule has 0 spiro atoms. The Morgan fingerprint density at radius 2 is 1.47 bits per heavy atom. The maximum atomic E-state index is 5.76. The summed E-state index contributed by atoms with van der Waals surface area (Å²) in [5, 5.41) is 0.289. The summed E-state index contributed by atoms with van der Waals surface area (Å²) in [6.45, 7) is 8.17. The summed E-state index contributed by atoms with van der Waals surface area (Å²) in [7, 11) is 0. The highest BCUT2D eigenvalue weighted by atomic mass is 35.5. The number of hydrogen-bond acceptors (Lipinski definition) is 5. The van der Waals surface area contributed by atoms with E-state index in [0.717, 1.165) is 26.2 Å². The molecule has 0 radical (unpaired) electrons. The number of halogens is 2. The minimum atomic E-state index is 0.145. The van der Waals surface area contributed by atoms with Gasteiger partial charge in [-0.1, -0.05) is 0 Å². The van der Waals surface area contributed by atoms with Gasteiger partial charge in [0.25, 0.3) is 0 Å². The van der Waals surface area contributed by atoms with Crippen molar-refractivity contribution in [2.75, 3.05) is 31.1 Å². The number of anilines is 1. The van der Waals surface area contributed by atoms with Crippen LogP contribution in [0.15, 0.2) is 0 Å². The highest BCUT2D eigenvalue weighted by Crippen LogP contribution is 2.16. The monoisotopic (exact) mass is 275 g/mol. The number of nitrogens with zero attached hydrogens (tertiary/aromatic N) is 5. The Kier molecular flexibility index (Phi) is 4.01. The van der Waals surface area contributed by atoms with E-state index in [1.54, 1.807) is 0 Å². The molecule has 0 bridgehead atoms. The van der Waals surface area contributed by atoms with Crippen molar-refractivity contribution in [1.29, 1.82) is 0 Å². The topological polar surface area (TPSA) is 45.2 Å². The molecular formula is C10H15Cl2N5. The van der Waals surface area contributed by atoms with Crippen molar-refractivity contribution in [3.63, 3.8) is 0 Å². The van der Waals surface area contributed by atoms with Gasteiger partial charge in [0.05, 0.1) is 0 Å². The summed E-state index contributed by atoms with van der Waals surface area (Å²) in [6.07, 6.45) is 0. The zero-order valence-electron chi connectivity index (χ0n) is 9.90. The van der Waals surface area contributed by atoms with E-state index in [0.29, 0.717) is 12.0 Å². The Bertz CT molecular complexity index is 370. The van der Waals surface area contributed by atoms with Crippen LogP contribution < -0.4 is 4.90 Å². The van der Waals surface area contributed by atoms with Gasteiger partial charge in [-0.15, -0.1) is 0 Å². The van der Waals surface area contributed by atoms with Gasteiger partial charge in [0, 0.05) is 32.2 Å². The molecule has 0 saturated carbocycles. The van der Waals surface area contributed by atoms with Gasteiger partial charge in [-0.25, -0.2) is 0 Å². The van der Waals surface area contributed by atoms with E-state index < -0.39 is 0 Å². The molecule has 2 heterocycles. The van der Waals surface area contributed by atoms with Crippen molar-refractivity contribution in [2.24, 2.45) is 0 Å². The van der Waals surface area contributed by atoms with Crippen LogP contribution in [-0.2, 0) is 0 Å². The summed E-state index contributed by atoms with van der Waals surface area (Å²) in [5.74, 6) is 0.568. The molecule has 7 heteroatoms. The second kappa shape index (κ2) is 5.33. The van der Waals surface area contributed by atoms with E-state index in [1.165, 1.54) is 0 Å². The molecule has 0 amide bonds. The highest BCUT2D eigenvalue weighted by molar-refractivity contribution is 6.31. The van der Waals surface area contributed by atoms with Gasteiger partial charge in [-0.05, 0) is 37.0 Å². The first-order chi connectivity index (χ1) is 8.06. The summed E-state index contributed by atoms with van der Waals surface area (Å²) in [5.41, 5.74) is 0. The third-order valence-corrected chi connectivity index (χ3v) is 3.23. The highest BCUT2D eigenvalue weighted by Gasteiger charge is 2.21. The van der Waals surface area contributed by atoms with Crippen molar-refractivity contribution in [3.8, 4) is 0 Å². The van der Waals surface area contributed by atoms with Crippen LogP contribution >= 0.6 is 23.2 Å². The van der Waals surface area contributed by atoms with Crippen molar-refractivity contribution in [3.05, 3.63) is 10.6 Å². The van der Waals surface area contributed by atoms with Crippen LogP contribution in [0.2, 0.25) is 10.6 Å². The minimum Gasteiger partial charge on any atom is -0.338 e. The number of rotatable bonds is 2. The zero-order valence-corrected chi connectivity index (χ0v) is 11.4. The quantitative estimate of drug-likeness (QED) is 0.822. The van der Waals surface area contributed by atoms with Crippen molar-refractivity contribution in [1.82, 2.24) is 19.9 Å². The van der Waals surface area contributed by atoms with E-state index in [9.17, 15) is 0 Å². The van der Waals surface area contributed by atoms with Crippen LogP contribution in [0.3, 0.4) is 0 Å². The molecule has 0 aromatic carbocycles. The Morgan fingerprint density at radius 3 is 1.94 bits per heavy atom. The first kappa shape index (κ1) is 12.8. The molecule has 0 aliphatic carbocycles. The molecular weight excluding hydrogens is 261 g/mol. The Balaban J connectivity index is 2.05. The van der Waals surface area contributed by atoms with Crippen LogP contribution in [0.25, 0.3) is 0 Å². The Labute approximate surface area is 111 Å². The fourth-order valence-electron chi connectivity index (χ4n) is 1.90. The average Bonchev–Trinajstić information content (AvgIpc) is 2.28. The molecule has 1 fully saturated rings. The predicted octanol–water partition coefficient (Wildman–Crippen LogP) is 1.71. The average molecular weight is 276 g/mol. The lowest BCUT2D eigenvalue weighted by atomic mass is 10.2. The van der Waals surface area contributed by atoms with Crippen LogP contribution in [-0.4, -0.2) is 52.1 Å². The maximum absolute atomic E-state index is 5.76. The van der Waals surface area contributed by atoms with Gasteiger partial charge in [0.1, 0.15) is 0 Å². The molecule has 1 saturated heterocycles. The molecule has 0 atom stereocenters. The van der Waals surface area contributed by atoms with Gasteiger partial charge in [-0.3, -0.25) is 4.90 Å². The second-order valence-corrected chi connectivity index (χ2v) is 4.97. The molecule has 2 rings (SSSR count). The lowest BCUT2D eigenvalue weighted by Crippen LogP contribution is -2.49. The standard InChI is InChI=1S/C10H15Cl2N5/c1-7(2)16-3-5-17(6-4-16)10-14-8(11)13-9(12)15-10/h7H,3-6H2,1-2H3. The summed E-state index contributed by atoms with van der Waals surface area (Å²) in [6, 6.07) is 0.572. The maximum Gasteiger partial charge on any atom is 0.231 e. The zero-order chi connectivity index (χ0) is 12.4. The van der Waals surface area contributed by atoms with Gasteiger partial charge in [0.15, 0.2) is 0 Å². The molecule has 5 nitrogen and oxygen atoms in total. The van der Waals surface area contributed by atoms with Gasteiger partial charge in [0.2, 0.25) is 16.5 Å². The first-order valence-corrected chi connectivity index (χ1v) is 6.38. The fraction of sp³-hybridized carbons (Fsp3) is 0.700. The number of aromatic nitrogens is 3. The summed E-state index contributed by atoms with van der Waals surface area (Å²) in [4.78, 5) is 16.4. The molecule has 94 valence electrons. The molecule has 1 aromatic heterocycles. The number of piperazine rings is 1. The van der Waals surface area contributed by atoms with Crippen LogP contribution in [0.1, 0.15) is 13.8 Å². The van der Waals surface area contributed by atoms with Gasteiger partial charge >= 0.3 is 0 Å². The first-order valence-electron chi connectivity index (χ1n) is 5.62. The lowest BCUT2D eigenvalue weighted by Gasteiger charge is -2.36. The van der Waals surface area contributed by atoms with E-state index >= 15 is 0 Å². The van der Waals surface area contributed by atoms with E-state index in [-0.39, 0.29) is 10.6 Å². The Morgan fingerprint density at radius 1 is 0.941 bits per heavy atom. The summed E-state index contributed by atoms with van der Waals surface area (Å²) >= 11 is 11.5. The predicted molar refractivity (Wildman–Crippen MR) is 68.8 cm³/mol. The van der Waals surface area contributed by atoms with Crippen molar-refractivity contribution < 1.29 is 0 Å². The van der Waals surface area contributed by atoms with Gasteiger partial charge in [-0.2, -0.15) is 15.0 Å². The smallest absolute Gasteiger partial charge is 0.231 e. The normalized spacial score (nSPS) is 17.8. The van der Waals surface area contributed by atoms with Crippen molar-refractivity contribution >= 4 is 29.2 Å². The fourth-order valence-corrected chi connectivity index (χ4v) is 2.25. The Hall–Kier alpha value is -0.650. The van der Waals surface area contributed by atoms with E-state index in [1.807, 2.05) is 0 Å². The molecule has 1 aromatic rings. The van der Waals surface area contributed by atoms with E-state index in [2.05, 4.69) is 38.6 Å². The number of hydrogen-bond donors (Lipinski definition) is 0. The van der Waals surface area contributed by atoms with E-state index in [4.69, 9.17) is 23.2 Å². The SMILES string of the molecule is CC(C)N1CCN(c2nc(Cl)nc(Cl)n2)CC1. The second-order valence-electron chi connectivity index (χ2n) is 4.29. The third-order valence-electron chi connectivity index (χ3n) is 2.90. The summed E-state index contributed by atoms with van der Waals surface area (Å²) < 4.78 is 0. The molecule has 1 aliphatic rings. The van der Waals surface area contributed by atoms with Crippen molar-refractivity contribution in [2.45, 2.75) is 19.9 Å². The molecule has 1 aliphatic heterocycles.